The molecule has 0 aromatic heterocycles. The standard InChI is InChI=1S/C33H38ClNO2/c1-5-6-7-8-11-21(2)37-29-17-15-23(34)18-25(29)32-31-26(19-33(3,4)20-28(31)36)30-24-13-10-9-12-22(24)14-16-27(30)35-32/h9-10,12-18,21,32,35H,5-8,11,19-20H2,1-4H3/t21-,32+/m1/s1. The van der Waals surface area contributed by atoms with Crippen molar-refractivity contribution in [3.05, 3.63) is 76.3 Å². The van der Waals surface area contributed by atoms with Crippen LogP contribution in [0, 0.1) is 5.41 Å². The van der Waals surface area contributed by atoms with E-state index in [1.807, 2.05) is 18.2 Å². The quantitative estimate of drug-likeness (QED) is 0.303. The fourth-order valence-electron chi connectivity index (χ4n) is 6.06. The summed E-state index contributed by atoms with van der Waals surface area (Å²) in [7, 11) is 0. The van der Waals surface area contributed by atoms with Crippen molar-refractivity contribution in [2.24, 2.45) is 5.41 Å². The van der Waals surface area contributed by atoms with Crippen molar-refractivity contribution in [2.75, 3.05) is 5.32 Å². The summed E-state index contributed by atoms with van der Waals surface area (Å²) in [6.07, 6.45) is 7.36. The number of ketones is 1. The number of anilines is 1. The fourth-order valence-corrected chi connectivity index (χ4v) is 6.24. The SMILES string of the molecule is CCCCCC[C@@H](C)Oc1ccc(Cl)cc1[C@@H]1Nc2ccc3ccccc3c2C2=C1C(=O)CC(C)(C)C2. The fraction of sp³-hybridized carbons (Fsp3) is 0.424. The van der Waals surface area contributed by atoms with Crippen LogP contribution < -0.4 is 10.1 Å². The summed E-state index contributed by atoms with van der Waals surface area (Å²) in [6, 6.07) is 18.3. The lowest BCUT2D eigenvalue weighted by molar-refractivity contribution is -0.118. The van der Waals surface area contributed by atoms with Gasteiger partial charge < -0.3 is 10.1 Å². The van der Waals surface area contributed by atoms with Gasteiger partial charge in [0.05, 0.1) is 12.1 Å². The molecule has 1 aliphatic carbocycles. The average molecular weight is 516 g/mol. The third kappa shape index (κ3) is 5.29. The molecule has 0 amide bonds. The van der Waals surface area contributed by atoms with Crippen molar-refractivity contribution >= 4 is 39.4 Å². The van der Waals surface area contributed by atoms with Gasteiger partial charge in [0.15, 0.2) is 5.78 Å². The molecule has 5 rings (SSSR count). The minimum atomic E-state index is -0.298. The Morgan fingerprint density at radius 2 is 1.86 bits per heavy atom. The number of fused-ring (bicyclic) bond motifs is 4. The lowest BCUT2D eigenvalue weighted by Gasteiger charge is -2.40. The van der Waals surface area contributed by atoms with Crippen molar-refractivity contribution < 1.29 is 9.53 Å². The van der Waals surface area contributed by atoms with E-state index in [0.717, 1.165) is 47.4 Å². The smallest absolute Gasteiger partial charge is 0.162 e. The zero-order valence-corrected chi connectivity index (χ0v) is 23.3. The van der Waals surface area contributed by atoms with Gasteiger partial charge in [0.1, 0.15) is 5.75 Å². The maximum absolute atomic E-state index is 13.8. The summed E-state index contributed by atoms with van der Waals surface area (Å²) >= 11 is 6.54. The lowest BCUT2D eigenvalue weighted by Crippen LogP contribution is -2.33. The van der Waals surface area contributed by atoms with Crippen LogP contribution in [0.4, 0.5) is 5.69 Å². The Kier molecular flexibility index (Phi) is 7.36. The number of hydrogen-bond acceptors (Lipinski definition) is 3. The van der Waals surface area contributed by atoms with Crippen molar-refractivity contribution in [2.45, 2.75) is 84.8 Å². The van der Waals surface area contributed by atoms with Gasteiger partial charge in [-0.3, -0.25) is 4.79 Å². The van der Waals surface area contributed by atoms with Crippen LogP contribution in [0.25, 0.3) is 16.3 Å². The van der Waals surface area contributed by atoms with Crippen LogP contribution in [0.15, 0.2) is 60.2 Å². The number of ether oxygens (including phenoxy) is 1. The average Bonchev–Trinajstić information content (AvgIpc) is 2.86. The molecule has 0 unspecified atom stereocenters. The molecular formula is C33H38ClNO2. The molecule has 0 bridgehead atoms. The van der Waals surface area contributed by atoms with Crippen molar-refractivity contribution in [3.63, 3.8) is 0 Å². The van der Waals surface area contributed by atoms with Gasteiger partial charge in [0, 0.05) is 33.8 Å². The molecule has 37 heavy (non-hydrogen) atoms. The summed E-state index contributed by atoms with van der Waals surface area (Å²) < 4.78 is 6.52. The Bertz CT molecular complexity index is 1360. The maximum atomic E-state index is 13.8. The van der Waals surface area contributed by atoms with E-state index in [2.05, 4.69) is 69.4 Å². The van der Waals surface area contributed by atoms with Gasteiger partial charge in [-0.05, 0) is 72.2 Å². The number of halogens is 1. The third-order valence-corrected chi connectivity index (χ3v) is 8.05. The molecule has 0 saturated heterocycles. The number of allylic oxidation sites excluding steroid dienone is 1. The summed E-state index contributed by atoms with van der Waals surface area (Å²) in [4.78, 5) is 13.8. The highest BCUT2D eigenvalue weighted by molar-refractivity contribution is 6.30. The van der Waals surface area contributed by atoms with Crippen LogP contribution in [0.3, 0.4) is 0 Å². The zero-order chi connectivity index (χ0) is 26.2. The normalized spacial score (nSPS) is 19.3. The minimum Gasteiger partial charge on any atom is -0.490 e. The number of benzene rings is 3. The van der Waals surface area contributed by atoms with Gasteiger partial charge >= 0.3 is 0 Å². The predicted octanol–water partition coefficient (Wildman–Crippen LogP) is 9.54. The van der Waals surface area contributed by atoms with E-state index in [-0.39, 0.29) is 23.3 Å². The Hall–Kier alpha value is -2.78. The van der Waals surface area contributed by atoms with E-state index in [9.17, 15) is 4.79 Å². The molecule has 2 aliphatic rings. The van der Waals surface area contributed by atoms with Gasteiger partial charge in [-0.2, -0.15) is 0 Å². The van der Waals surface area contributed by atoms with Crippen LogP contribution in [0.2, 0.25) is 5.02 Å². The van der Waals surface area contributed by atoms with Gasteiger partial charge in [0.2, 0.25) is 0 Å². The molecule has 194 valence electrons. The zero-order valence-electron chi connectivity index (χ0n) is 22.5. The number of carbonyl (C=O) groups is 1. The maximum Gasteiger partial charge on any atom is 0.162 e. The van der Waals surface area contributed by atoms with Gasteiger partial charge in [0.25, 0.3) is 0 Å². The number of unbranched alkanes of at least 4 members (excludes halogenated alkanes) is 3. The van der Waals surface area contributed by atoms with Crippen molar-refractivity contribution in [1.82, 2.24) is 0 Å². The highest BCUT2D eigenvalue weighted by Gasteiger charge is 2.41. The summed E-state index contributed by atoms with van der Waals surface area (Å²) in [5, 5.41) is 6.77. The largest absolute Gasteiger partial charge is 0.490 e. The summed E-state index contributed by atoms with van der Waals surface area (Å²) in [5.74, 6) is 1.01. The number of hydrogen-bond donors (Lipinski definition) is 1. The van der Waals surface area contributed by atoms with Crippen LogP contribution >= 0.6 is 11.6 Å². The van der Waals surface area contributed by atoms with E-state index in [1.165, 1.54) is 35.6 Å². The van der Waals surface area contributed by atoms with Crippen molar-refractivity contribution in [3.8, 4) is 5.75 Å². The monoisotopic (exact) mass is 515 g/mol. The first-order valence-electron chi connectivity index (χ1n) is 13.8. The molecule has 2 atom stereocenters. The van der Waals surface area contributed by atoms with E-state index < -0.39 is 0 Å². The first-order chi connectivity index (χ1) is 17.8. The molecule has 3 aromatic carbocycles. The molecule has 1 aliphatic heterocycles. The van der Waals surface area contributed by atoms with E-state index in [1.54, 1.807) is 0 Å². The van der Waals surface area contributed by atoms with E-state index in [0.29, 0.717) is 11.4 Å². The first kappa shape index (κ1) is 25.9. The van der Waals surface area contributed by atoms with Crippen LogP contribution in [0.5, 0.6) is 5.75 Å². The van der Waals surface area contributed by atoms with Crippen LogP contribution in [-0.2, 0) is 4.79 Å². The summed E-state index contributed by atoms with van der Waals surface area (Å²) in [5.41, 5.74) is 5.10. The second-order valence-electron chi connectivity index (χ2n) is 11.6. The lowest BCUT2D eigenvalue weighted by atomic mass is 9.68. The first-order valence-corrected chi connectivity index (χ1v) is 14.2. The Morgan fingerprint density at radius 1 is 1.05 bits per heavy atom. The molecule has 4 heteroatoms. The predicted molar refractivity (Wildman–Crippen MR) is 156 cm³/mol. The van der Waals surface area contributed by atoms with Gasteiger partial charge in [-0.15, -0.1) is 0 Å². The third-order valence-electron chi connectivity index (χ3n) is 7.81. The topological polar surface area (TPSA) is 38.3 Å². The second-order valence-corrected chi connectivity index (χ2v) is 12.0. The Labute approximate surface area is 226 Å². The van der Waals surface area contributed by atoms with E-state index in [4.69, 9.17) is 16.3 Å². The molecular weight excluding hydrogens is 478 g/mol. The molecule has 0 radical (unpaired) electrons. The Morgan fingerprint density at radius 3 is 2.68 bits per heavy atom. The number of rotatable bonds is 8. The molecule has 1 N–H and O–H groups in total. The van der Waals surface area contributed by atoms with Crippen molar-refractivity contribution in [1.29, 1.82) is 0 Å². The molecule has 0 spiro atoms. The van der Waals surface area contributed by atoms with Gasteiger partial charge in [-0.25, -0.2) is 0 Å². The van der Waals surface area contributed by atoms with E-state index >= 15 is 0 Å². The molecule has 0 fully saturated rings. The highest BCUT2D eigenvalue weighted by atomic mass is 35.5. The number of carbonyl (C=O) groups excluding carboxylic acids is 1. The van der Waals surface area contributed by atoms with Gasteiger partial charge in [-0.1, -0.05) is 82.0 Å². The van der Waals surface area contributed by atoms with Crippen LogP contribution in [-0.4, -0.2) is 11.9 Å². The molecule has 3 nitrogen and oxygen atoms in total. The molecule has 1 heterocycles. The summed E-state index contributed by atoms with van der Waals surface area (Å²) in [6.45, 7) is 8.77. The highest BCUT2D eigenvalue weighted by Crippen LogP contribution is 2.53. The number of nitrogens with one attached hydrogen (secondary N) is 1. The number of Topliss-reactive ketones (excluding diaryl/α,β-unsaturated/α-hetero) is 1. The van der Waals surface area contributed by atoms with Crippen LogP contribution in [0.1, 0.15) is 89.8 Å². The second kappa shape index (κ2) is 10.5. The Balaban J connectivity index is 1.60. The minimum absolute atomic E-state index is 0.0889. The molecule has 3 aromatic rings. The molecule has 0 saturated carbocycles.